The summed E-state index contributed by atoms with van der Waals surface area (Å²) >= 11 is 0. The lowest BCUT2D eigenvalue weighted by Crippen LogP contribution is -2.27. The van der Waals surface area contributed by atoms with E-state index in [1.807, 2.05) is 51.1 Å². The molecule has 1 aromatic carbocycles. The van der Waals surface area contributed by atoms with Gasteiger partial charge in [0.15, 0.2) is 0 Å². The van der Waals surface area contributed by atoms with Crippen molar-refractivity contribution in [2.45, 2.75) is 33.2 Å². The summed E-state index contributed by atoms with van der Waals surface area (Å²) in [5.74, 6) is 0.342. The fraction of sp³-hybridized carbons (Fsp3) is 0.375. The Balaban J connectivity index is 3.05. The van der Waals surface area contributed by atoms with Crippen molar-refractivity contribution in [1.29, 1.82) is 0 Å². The van der Waals surface area contributed by atoms with Crippen LogP contribution in [-0.4, -0.2) is 24.5 Å². The smallest absolute Gasteiger partial charge is 0.332 e. The molecule has 1 N–H and O–H groups in total. The quantitative estimate of drug-likeness (QED) is 0.399. The van der Waals surface area contributed by atoms with Crippen molar-refractivity contribution in [2.75, 3.05) is 7.11 Å². The molecule has 0 aliphatic carbocycles. The van der Waals surface area contributed by atoms with Crippen LogP contribution < -0.4 is 5.32 Å². The predicted molar refractivity (Wildman–Crippen MR) is 81.6 cm³/mol. The van der Waals surface area contributed by atoms with Gasteiger partial charge in [0, 0.05) is 17.3 Å². The van der Waals surface area contributed by atoms with E-state index in [0.717, 1.165) is 11.4 Å². The van der Waals surface area contributed by atoms with Gasteiger partial charge in [-0.1, -0.05) is 30.3 Å². The third-order valence-electron chi connectivity index (χ3n) is 2.35. The van der Waals surface area contributed by atoms with Gasteiger partial charge in [-0.15, -0.1) is 0 Å². The maximum absolute atomic E-state index is 11.2. The molecule has 4 heteroatoms. The van der Waals surface area contributed by atoms with E-state index in [1.165, 1.54) is 13.2 Å². The number of aliphatic imine (C=N–C) groups is 1. The first kappa shape index (κ1) is 16.0. The van der Waals surface area contributed by atoms with E-state index >= 15 is 0 Å². The minimum Gasteiger partial charge on any atom is -0.466 e. The number of ether oxygens (including phenoxy) is 1. The zero-order valence-corrected chi connectivity index (χ0v) is 12.7. The van der Waals surface area contributed by atoms with Gasteiger partial charge >= 0.3 is 5.97 Å². The molecule has 0 aliphatic heterocycles. The van der Waals surface area contributed by atoms with Gasteiger partial charge in [-0.3, -0.25) is 4.99 Å². The zero-order valence-electron chi connectivity index (χ0n) is 12.7. The normalized spacial score (nSPS) is 13.1. The van der Waals surface area contributed by atoms with Crippen LogP contribution in [0.25, 0.3) is 0 Å². The molecule has 0 amide bonds. The Kier molecular flexibility index (Phi) is 5.50. The van der Waals surface area contributed by atoms with Crippen LogP contribution in [0.5, 0.6) is 0 Å². The summed E-state index contributed by atoms with van der Waals surface area (Å²) in [6, 6.07) is 9.81. The lowest BCUT2D eigenvalue weighted by atomic mass is 10.1. The van der Waals surface area contributed by atoms with Crippen LogP contribution in [0.4, 0.5) is 0 Å². The summed E-state index contributed by atoms with van der Waals surface area (Å²) in [5, 5.41) is 3.17. The van der Waals surface area contributed by atoms with Crippen LogP contribution in [0, 0.1) is 0 Å². The van der Waals surface area contributed by atoms with Crippen LogP contribution >= 0.6 is 0 Å². The second kappa shape index (κ2) is 6.89. The number of esters is 1. The van der Waals surface area contributed by atoms with Gasteiger partial charge < -0.3 is 10.1 Å². The van der Waals surface area contributed by atoms with Crippen LogP contribution in [0.2, 0.25) is 0 Å². The highest BCUT2D eigenvalue weighted by molar-refractivity contribution is 6.00. The molecule has 0 radical (unpaired) electrons. The molecular weight excluding hydrogens is 252 g/mol. The highest BCUT2D eigenvalue weighted by atomic mass is 16.5. The molecule has 0 fully saturated rings. The molecule has 108 valence electrons. The Morgan fingerprint density at radius 3 is 2.35 bits per heavy atom. The summed E-state index contributed by atoms with van der Waals surface area (Å²) in [5.41, 5.74) is 1.44. The number of hydrogen-bond donors (Lipinski definition) is 1. The van der Waals surface area contributed by atoms with E-state index < -0.39 is 5.97 Å². The van der Waals surface area contributed by atoms with Crippen molar-refractivity contribution in [1.82, 2.24) is 5.32 Å². The van der Waals surface area contributed by atoms with E-state index in [1.54, 1.807) is 6.92 Å². The number of rotatable bonds is 3. The summed E-state index contributed by atoms with van der Waals surface area (Å²) in [7, 11) is 1.35. The highest BCUT2D eigenvalue weighted by Crippen LogP contribution is 2.10. The third-order valence-corrected chi connectivity index (χ3v) is 2.35. The molecule has 20 heavy (non-hydrogen) atoms. The topological polar surface area (TPSA) is 50.7 Å². The second-order valence-corrected chi connectivity index (χ2v) is 5.47. The van der Waals surface area contributed by atoms with Crippen LogP contribution in [0.1, 0.15) is 33.3 Å². The number of benzene rings is 1. The Hall–Kier alpha value is -2.10. The summed E-state index contributed by atoms with van der Waals surface area (Å²) in [6.45, 7) is 7.88. The van der Waals surface area contributed by atoms with Gasteiger partial charge in [-0.2, -0.15) is 0 Å². The fourth-order valence-electron chi connectivity index (χ4n) is 1.55. The molecule has 4 nitrogen and oxygen atoms in total. The van der Waals surface area contributed by atoms with Crippen molar-refractivity contribution >= 4 is 11.8 Å². The Bertz CT molecular complexity index is 511. The van der Waals surface area contributed by atoms with Gasteiger partial charge in [0.1, 0.15) is 5.84 Å². The molecule has 0 aromatic heterocycles. The third kappa shape index (κ3) is 5.69. The molecule has 0 aliphatic rings. The number of allylic oxidation sites excluding steroid dienone is 1. The predicted octanol–water partition coefficient (Wildman–Crippen LogP) is 2.90. The lowest BCUT2D eigenvalue weighted by Gasteiger charge is -2.18. The maximum atomic E-state index is 11.2. The zero-order chi connectivity index (χ0) is 15.2. The minimum atomic E-state index is -0.391. The maximum Gasteiger partial charge on any atom is 0.332 e. The molecule has 0 saturated carbocycles. The van der Waals surface area contributed by atoms with E-state index in [0.29, 0.717) is 5.70 Å². The van der Waals surface area contributed by atoms with Crippen molar-refractivity contribution in [3.05, 3.63) is 47.7 Å². The molecule has 0 spiro atoms. The van der Waals surface area contributed by atoms with Crippen LogP contribution in [0.3, 0.4) is 0 Å². The number of hydrogen-bond acceptors (Lipinski definition) is 3. The number of amidine groups is 1. The monoisotopic (exact) mass is 274 g/mol. The molecular formula is C16H22N2O2. The Morgan fingerprint density at radius 1 is 1.25 bits per heavy atom. The second-order valence-electron chi connectivity index (χ2n) is 5.47. The van der Waals surface area contributed by atoms with E-state index in [-0.39, 0.29) is 5.54 Å². The first-order valence-corrected chi connectivity index (χ1v) is 6.50. The van der Waals surface area contributed by atoms with Gasteiger partial charge in [-0.05, 0) is 27.7 Å². The first-order chi connectivity index (χ1) is 9.31. The number of carbonyl (C=O) groups excluding carboxylic acids is 1. The molecule has 0 atom stereocenters. The van der Waals surface area contributed by atoms with Crippen molar-refractivity contribution in [3.8, 4) is 0 Å². The average Bonchev–Trinajstić information content (AvgIpc) is 2.37. The Morgan fingerprint density at radius 2 is 1.85 bits per heavy atom. The lowest BCUT2D eigenvalue weighted by molar-refractivity contribution is -0.134. The Labute approximate surface area is 120 Å². The van der Waals surface area contributed by atoms with E-state index in [4.69, 9.17) is 0 Å². The van der Waals surface area contributed by atoms with Gasteiger partial charge in [0.25, 0.3) is 0 Å². The van der Waals surface area contributed by atoms with Gasteiger partial charge in [0.05, 0.1) is 12.6 Å². The summed E-state index contributed by atoms with van der Waals surface area (Å²) < 4.78 is 4.61. The van der Waals surface area contributed by atoms with Crippen molar-refractivity contribution in [3.63, 3.8) is 0 Å². The van der Waals surface area contributed by atoms with Gasteiger partial charge in [-0.25, -0.2) is 4.79 Å². The van der Waals surface area contributed by atoms with Gasteiger partial charge in [0.2, 0.25) is 0 Å². The van der Waals surface area contributed by atoms with E-state index in [2.05, 4.69) is 15.0 Å². The first-order valence-electron chi connectivity index (χ1n) is 6.50. The standard InChI is InChI=1S/C16H22N2O2/c1-12(11-14(19)20-5)17-15(18-16(2,3)4)13-9-7-6-8-10-13/h6-11H,1-5H3,(H,17,18)/b12-11+. The largest absolute Gasteiger partial charge is 0.466 e. The van der Waals surface area contributed by atoms with Crippen molar-refractivity contribution < 1.29 is 9.53 Å². The molecule has 1 aromatic rings. The number of methoxy groups -OCH3 is 1. The number of nitrogens with zero attached hydrogens (tertiary/aromatic N) is 1. The molecule has 1 rings (SSSR count). The molecule has 0 unspecified atom stereocenters. The SMILES string of the molecule is COC(=O)/C=C(\C)NC(=NC(C)(C)C)c1ccccc1. The summed E-state index contributed by atoms with van der Waals surface area (Å²) in [6.07, 6.45) is 1.40. The van der Waals surface area contributed by atoms with E-state index in [9.17, 15) is 4.79 Å². The molecule has 0 saturated heterocycles. The number of carbonyl (C=O) groups is 1. The molecule has 0 bridgehead atoms. The minimum absolute atomic E-state index is 0.219. The average molecular weight is 274 g/mol. The fourth-order valence-corrected chi connectivity index (χ4v) is 1.55. The molecule has 0 heterocycles. The summed E-state index contributed by atoms with van der Waals surface area (Å²) in [4.78, 5) is 15.9. The number of nitrogens with one attached hydrogen (secondary N) is 1. The van der Waals surface area contributed by atoms with Crippen molar-refractivity contribution in [2.24, 2.45) is 4.99 Å². The van der Waals surface area contributed by atoms with Crippen LogP contribution in [-0.2, 0) is 9.53 Å². The highest BCUT2D eigenvalue weighted by Gasteiger charge is 2.12. The van der Waals surface area contributed by atoms with Crippen LogP contribution in [0.15, 0.2) is 47.1 Å².